The molecule has 0 aromatic heterocycles. The van der Waals surface area contributed by atoms with Crippen LogP contribution >= 0.6 is 11.8 Å². The predicted molar refractivity (Wildman–Crippen MR) is 82.7 cm³/mol. The highest BCUT2D eigenvalue weighted by molar-refractivity contribution is 7.99. The normalized spacial score (nSPS) is 16.9. The van der Waals surface area contributed by atoms with Crippen LogP contribution in [0.25, 0.3) is 0 Å². The Morgan fingerprint density at radius 1 is 1.35 bits per heavy atom. The molecule has 0 bridgehead atoms. The summed E-state index contributed by atoms with van der Waals surface area (Å²) in [5.74, 6) is 2.35. The van der Waals surface area contributed by atoms with E-state index in [1.54, 1.807) is 0 Å². The van der Waals surface area contributed by atoms with E-state index in [1.165, 1.54) is 0 Å². The first-order chi connectivity index (χ1) is 9.49. The molecule has 1 aromatic carbocycles. The van der Waals surface area contributed by atoms with Gasteiger partial charge in [-0.2, -0.15) is 11.8 Å². The van der Waals surface area contributed by atoms with Crippen molar-refractivity contribution in [3.8, 4) is 5.75 Å². The Labute approximate surface area is 124 Å². The second-order valence-electron chi connectivity index (χ2n) is 5.88. The average Bonchev–Trinajstić information content (AvgIpc) is 2.39. The van der Waals surface area contributed by atoms with Gasteiger partial charge in [-0.05, 0) is 30.4 Å². The summed E-state index contributed by atoms with van der Waals surface area (Å²) in [5.41, 5.74) is 0.562. The number of carboxylic acid groups (broad SMARTS) is 1. The van der Waals surface area contributed by atoms with Crippen LogP contribution in [0, 0.1) is 0 Å². The number of ether oxygens (including phenoxy) is 1. The van der Waals surface area contributed by atoms with Crippen molar-refractivity contribution in [3.05, 3.63) is 29.8 Å². The minimum Gasteiger partial charge on any atom is -0.490 e. The molecule has 1 saturated heterocycles. The monoisotopic (exact) mass is 294 g/mol. The van der Waals surface area contributed by atoms with Crippen molar-refractivity contribution in [2.75, 3.05) is 11.5 Å². The van der Waals surface area contributed by atoms with E-state index in [2.05, 4.69) is 0 Å². The molecule has 3 nitrogen and oxygen atoms in total. The van der Waals surface area contributed by atoms with Crippen LogP contribution in [0.4, 0.5) is 0 Å². The van der Waals surface area contributed by atoms with E-state index >= 15 is 0 Å². The molecule has 1 aliphatic rings. The number of aliphatic carboxylic acids is 1. The van der Waals surface area contributed by atoms with Gasteiger partial charge in [0.2, 0.25) is 0 Å². The van der Waals surface area contributed by atoms with Gasteiger partial charge in [-0.25, -0.2) is 0 Å². The molecule has 0 saturated carbocycles. The summed E-state index contributed by atoms with van der Waals surface area (Å²) >= 11 is 1.97. The first-order valence-electron chi connectivity index (χ1n) is 7.05. The lowest BCUT2D eigenvalue weighted by Gasteiger charge is -2.29. The molecule has 4 heteroatoms. The van der Waals surface area contributed by atoms with Crippen molar-refractivity contribution in [2.24, 2.45) is 0 Å². The van der Waals surface area contributed by atoms with Gasteiger partial charge in [-0.15, -0.1) is 0 Å². The number of hydrogen-bond acceptors (Lipinski definition) is 3. The fourth-order valence-corrected chi connectivity index (χ4v) is 3.64. The van der Waals surface area contributed by atoms with Crippen molar-refractivity contribution in [1.82, 2.24) is 0 Å². The fourth-order valence-electron chi connectivity index (χ4n) is 2.58. The highest BCUT2D eigenvalue weighted by Gasteiger charge is 2.28. The Bertz CT molecular complexity index is 465. The Balaban J connectivity index is 2.18. The smallest absolute Gasteiger partial charge is 0.304 e. The molecule has 0 spiro atoms. The second-order valence-corrected chi connectivity index (χ2v) is 7.10. The van der Waals surface area contributed by atoms with Crippen molar-refractivity contribution in [2.45, 2.75) is 44.6 Å². The molecule has 0 unspecified atom stereocenters. The van der Waals surface area contributed by atoms with Crippen LogP contribution in [0.3, 0.4) is 0 Å². The molecule has 1 N–H and O–H groups in total. The zero-order chi connectivity index (χ0) is 14.6. The van der Waals surface area contributed by atoms with Crippen molar-refractivity contribution in [1.29, 1.82) is 0 Å². The van der Waals surface area contributed by atoms with Crippen LogP contribution in [0.5, 0.6) is 5.75 Å². The maximum absolute atomic E-state index is 11.0. The molecule has 20 heavy (non-hydrogen) atoms. The Kier molecular flexibility index (Phi) is 4.97. The molecule has 0 radical (unpaired) electrons. The summed E-state index contributed by atoms with van der Waals surface area (Å²) in [6.07, 6.45) is 2.50. The zero-order valence-corrected chi connectivity index (χ0v) is 12.9. The van der Waals surface area contributed by atoms with E-state index in [1.807, 2.05) is 49.9 Å². The molecule has 0 aliphatic carbocycles. The predicted octanol–water partition coefficient (Wildman–Crippen LogP) is 3.71. The van der Waals surface area contributed by atoms with Crippen molar-refractivity contribution < 1.29 is 14.6 Å². The summed E-state index contributed by atoms with van der Waals surface area (Å²) in [4.78, 5) is 11.0. The minimum absolute atomic E-state index is 0.105. The fraction of sp³-hybridized carbons (Fsp3) is 0.562. The van der Waals surface area contributed by atoms with Gasteiger partial charge in [0.15, 0.2) is 0 Å². The molecule has 0 atom stereocenters. The molecule has 0 amide bonds. The molecule has 2 rings (SSSR count). The van der Waals surface area contributed by atoms with Gasteiger partial charge in [0.25, 0.3) is 0 Å². The molecule has 1 heterocycles. The highest BCUT2D eigenvalue weighted by atomic mass is 32.2. The maximum Gasteiger partial charge on any atom is 0.304 e. The van der Waals surface area contributed by atoms with Gasteiger partial charge in [-0.3, -0.25) is 4.79 Å². The third kappa shape index (κ3) is 3.92. The Hall–Kier alpha value is -1.16. The molecule has 1 aliphatic heterocycles. The SMILES string of the molecule is CC(C)(CC(=O)O)c1ccccc1OC1CCSCC1. The standard InChI is InChI=1S/C16H22O3S/c1-16(2,11-15(17)18)13-5-3-4-6-14(13)19-12-7-9-20-10-8-12/h3-6,12H,7-11H2,1-2H3,(H,17,18). The van der Waals surface area contributed by atoms with Crippen molar-refractivity contribution >= 4 is 17.7 Å². The number of thioether (sulfide) groups is 1. The largest absolute Gasteiger partial charge is 0.490 e. The first-order valence-corrected chi connectivity index (χ1v) is 8.20. The lowest BCUT2D eigenvalue weighted by molar-refractivity contribution is -0.138. The van der Waals surface area contributed by atoms with Crippen LogP contribution in [0.15, 0.2) is 24.3 Å². The first kappa shape index (κ1) is 15.2. The maximum atomic E-state index is 11.0. The van der Waals surface area contributed by atoms with E-state index in [9.17, 15) is 4.79 Å². The highest BCUT2D eigenvalue weighted by Crippen LogP contribution is 2.35. The number of benzene rings is 1. The minimum atomic E-state index is -0.779. The second kappa shape index (κ2) is 6.53. The van der Waals surface area contributed by atoms with E-state index in [-0.39, 0.29) is 12.5 Å². The van der Waals surface area contributed by atoms with Crippen LogP contribution in [0.2, 0.25) is 0 Å². The van der Waals surface area contributed by atoms with Gasteiger partial charge in [0.05, 0.1) is 6.42 Å². The summed E-state index contributed by atoms with van der Waals surface area (Å²) in [5, 5.41) is 9.08. The molecule has 1 fully saturated rings. The quantitative estimate of drug-likeness (QED) is 0.899. The van der Waals surface area contributed by atoms with E-state index < -0.39 is 11.4 Å². The van der Waals surface area contributed by atoms with Crippen LogP contribution < -0.4 is 4.74 Å². The van der Waals surface area contributed by atoms with Gasteiger partial charge in [-0.1, -0.05) is 32.0 Å². The van der Waals surface area contributed by atoms with Gasteiger partial charge in [0.1, 0.15) is 11.9 Å². The van der Waals surface area contributed by atoms with Crippen LogP contribution in [-0.2, 0) is 10.2 Å². The number of carbonyl (C=O) groups is 1. The summed E-state index contributed by atoms with van der Waals surface area (Å²) in [6, 6.07) is 7.84. The molecule has 1 aromatic rings. The summed E-state index contributed by atoms with van der Waals surface area (Å²) in [7, 11) is 0. The third-order valence-electron chi connectivity index (χ3n) is 3.67. The van der Waals surface area contributed by atoms with Gasteiger partial charge < -0.3 is 9.84 Å². The molecule has 110 valence electrons. The number of para-hydroxylation sites is 1. The van der Waals surface area contributed by atoms with Gasteiger partial charge >= 0.3 is 5.97 Å². The van der Waals surface area contributed by atoms with Crippen molar-refractivity contribution in [3.63, 3.8) is 0 Å². The zero-order valence-electron chi connectivity index (χ0n) is 12.1. The summed E-state index contributed by atoms with van der Waals surface area (Å²) in [6.45, 7) is 3.92. The third-order valence-corrected chi connectivity index (χ3v) is 4.72. The van der Waals surface area contributed by atoms with Crippen LogP contribution in [-0.4, -0.2) is 28.7 Å². The number of hydrogen-bond donors (Lipinski definition) is 1. The number of rotatable bonds is 5. The van der Waals surface area contributed by atoms with E-state index in [0.717, 1.165) is 35.7 Å². The number of carboxylic acids is 1. The lowest BCUT2D eigenvalue weighted by Crippen LogP contribution is -2.26. The van der Waals surface area contributed by atoms with E-state index in [4.69, 9.17) is 9.84 Å². The Morgan fingerprint density at radius 3 is 2.65 bits per heavy atom. The van der Waals surface area contributed by atoms with Gasteiger partial charge in [0, 0.05) is 11.0 Å². The molecular formula is C16H22O3S. The molecular weight excluding hydrogens is 272 g/mol. The lowest BCUT2D eigenvalue weighted by atomic mass is 9.81. The average molecular weight is 294 g/mol. The van der Waals surface area contributed by atoms with E-state index in [0.29, 0.717) is 0 Å². The topological polar surface area (TPSA) is 46.5 Å². The summed E-state index contributed by atoms with van der Waals surface area (Å²) < 4.78 is 6.15. The van der Waals surface area contributed by atoms with Crippen LogP contribution in [0.1, 0.15) is 38.7 Å². The Morgan fingerprint density at radius 2 is 2.00 bits per heavy atom.